The van der Waals surface area contributed by atoms with Crippen LogP contribution in [0.1, 0.15) is 12.0 Å². The first-order chi connectivity index (χ1) is 15.2. The highest BCUT2D eigenvalue weighted by Crippen LogP contribution is 2.38. The summed E-state index contributed by atoms with van der Waals surface area (Å²) in [6, 6.07) is 8.95. The first kappa shape index (κ1) is 20.0. The molecule has 8 heteroatoms. The smallest absolute Gasteiger partial charge is 0.163 e. The average Bonchev–Trinajstić information content (AvgIpc) is 2.80. The lowest BCUT2D eigenvalue weighted by Gasteiger charge is -2.31. The van der Waals surface area contributed by atoms with E-state index in [9.17, 15) is 4.39 Å². The van der Waals surface area contributed by atoms with Gasteiger partial charge in [0.15, 0.2) is 11.5 Å². The Labute approximate surface area is 180 Å². The molecule has 5 rings (SSSR count). The number of fused-ring (bicyclic) bond motifs is 2. The largest absolute Gasteiger partial charge is 0.486 e. The third-order valence-corrected chi connectivity index (χ3v) is 5.74. The van der Waals surface area contributed by atoms with Crippen LogP contribution in [-0.2, 0) is 4.74 Å². The molecule has 1 fully saturated rings. The van der Waals surface area contributed by atoms with Crippen LogP contribution in [0, 0.1) is 12.7 Å². The average molecular weight is 424 g/mol. The Morgan fingerprint density at radius 2 is 2.03 bits per heavy atom. The fourth-order valence-corrected chi connectivity index (χ4v) is 3.93. The van der Waals surface area contributed by atoms with E-state index in [0.717, 1.165) is 44.7 Å². The molecule has 0 amide bonds. The maximum Gasteiger partial charge on any atom is 0.163 e. The van der Waals surface area contributed by atoms with Crippen molar-refractivity contribution >= 4 is 22.4 Å². The van der Waals surface area contributed by atoms with E-state index in [1.54, 1.807) is 25.1 Å². The standard InChI is InChI=1S/C23H25FN4O3/c1-15-3-2-4-18(22(15)24)27-23-17-11-20-21(12-19(17)25-14-26-23)31-16(13-30-20)5-6-28-7-9-29-10-8-28/h2-4,11-12,14,16H,5-10,13H2,1H3,(H,25,26,27). The molecule has 0 saturated carbocycles. The lowest BCUT2D eigenvalue weighted by atomic mass is 10.1. The number of nitrogens with zero attached hydrogens (tertiary/aromatic N) is 3. The minimum atomic E-state index is -0.296. The zero-order valence-electron chi connectivity index (χ0n) is 17.4. The molecule has 162 valence electrons. The number of hydrogen-bond donors (Lipinski definition) is 1. The molecule has 3 aromatic rings. The number of anilines is 2. The second-order valence-corrected chi connectivity index (χ2v) is 7.89. The lowest BCUT2D eigenvalue weighted by Crippen LogP contribution is -2.40. The minimum Gasteiger partial charge on any atom is -0.486 e. The molecule has 0 bridgehead atoms. The van der Waals surface area contributed by atoms with Gasteiger partial charge in [0, 0.05) is 37.5 Å². The highest BCUT2D eigenvalue weighted by molar-refractivity contribution is 5.93. The SMILES string of the molecule is Cc1cccc(Nc2ncnc3cc4c(cc23)OCC(CCN2CCOCC2)O4)c1F. The molecule has 1 saturated heterocycles. The molecule has 2 aromatic carbocycles. The fourth-order valence-electron chi connectivity index (χ4n) is 3.93. The first-order valence-electron chi connectivity index (χ1n) is 10.6. The Balaban J connectivity index is 1.35. The minimum absolute atomic E-state index is 0.00591. The van der Waals surface area contributed by atoms with E-state index in [1.165, 1.54) is 6.33 Å². The first-order valence-corrected chi connectivity index (χ1v) is 10.6. The third-order valence-electron chi connectivity index (χ3n) is 5.74. The molecular weight excluding hydrogens is 399 g/mol. The highest BCUT2D eigenvalue weighted by Gasteiger charge is 2.24. The van der Waals surface area contributed by atoms with E-state index >= 15 is 0 Å². The van der Waals surface area contributed by atoms with Crippen LogP contribution in [0.25, 0.3) is 10.9 Å². The molecule has 1 atom stereocenters. The van der Waals surface area contributed by atoms with E-state index < -0.39 is 0 Å². The zero-order valence-corrected chi connectivity index (χ0v) is 17.4. The van der Waals surface area contributed by atoms with Crippen molar-refractivity contribution in [3.05, 3.63) is 48.0 Å². The number of nitrogens with one attached hydrogen (secondary N) is 1. The van der Waals surface area contributed by atoms with Gasteiger partial charge in [-0.1, -0.05) is 12.1 Å². The van der Waals surface area contributed by atoms with Crippen LogP contribution in [0.2, 0.25) is 0 Å². The van der Waals surface area contributed by atoms with Crippen LogP contribution in [0.5, 0.6) is 11.5 Å². The Hall–Kier alpha value is -2.97. The normalized spacial score (nSPS) is 18.8. The molecule has 0 radical (unpaired) electrons. The van der Waals surface area contributed by atoms with Gasteiger partial charge < -0.3 is 19.5 Å². The summed E-state index contributed by atoms with van der Waals surface area (Å²) < 4.78 is 32.1. The van der Waals surface area contributed by atoms with E-state index in [0.29, 0.717) is 40.7 Å². The van der Waals surface area contributed by atoms with Crippen molar-refractivity contribution in [3.63, 3.8) is 0 Å². The summed E-state index contributed by atoms with van der Waals surface area (Å²) in [6.07, 6.45) is 2.35. The summed E-state index contributed by atoms with van der Waals surface area (Å²) in [5.74, 6) is 1.56. The van der Waals surface area contributed by atoms with Gasteiger partial charge in [-0.3, -0.25) is 4.90 Å². The Morgan fingerprint density at radius 1 is 1.16 bits per heavy atom. The number of ether oxygens (including phenoxy) is 3. The number of aryl methyl sites for hydroxylation is 1. The van der Waals surface area contributed by atoms with Crippen molar-refractivity contribution in [2.24, 2.45) is 0 Å². The molecule has 0 spiro atoms. The summed E-state index contributed by atoms with van der Waals surface area (Å²) in [4.78, 5) is 11.1. The van der Waals surface area contributed by atoms with E-state index in [1.807, 2.05) is 12.1 Å². The van der Waals surface area contributed by atoms with Crippen LogP contribution in [0.15, 0.2) is 36.7 Å². The molecule has 2 aliphatic heterocycles. The van der Waals surface area contributed by atoms with Crippen LogP contribution < -0.4 is 14.8 Å². The van der Waals surface area contributed by atoms with E-state index in [2.05, 4.69) is 20.2 Å². The van der Waals surface area contributed by atoms with Crippen LogP contribution in [0.4, 0.5) is 15.9 Å². The molecular formula is C23H25FN4O3. The molecule has 1 N–H and O–H groups in total. The highest BCUT2D eigenvalue weighted by atomic mass is 19.1. The monoisotopic (exact) mass is 424 g/mol. The van der Waals surface area contributed by atoms with Gasteiger partial charge >= 0.3 is 0 Å². The van der Waals surface area contributed by atoms with Crippen LogP contribution in [0.3, 0.4) is 0 Å². The molecule has 0 aliphatic carbocycles. The molecule has 1 aromatic heterocycles. The molecule has 3 heterocycles. The van der Waals surface area contributed by atoms with Crippen molar-refractivity contribution < 1.29 is 18.6 Å². The Kier molecular flexibility index (Phi) is 5.57. The fraction of sp³-hybridized carbons (Fsp3) is 0.391. The van der Waals surface area contributed by atoms with Gasteiger partial charge in [0.2, 0.25) is 0 Å². The Morgan fingerprint density at radius 3 is 2.90 bits per heavy atom. The lowest BCUT2D eigenvalue weighted by molar-refractivity contribution is 0.0242. The van der Waals surface area contributed by atoms with Crippen molar-refractivity contribution in [3.8, 4) is 11.5 Å². The summed E-state index contributed by atoms with van der Waals surface area (Å²) in [5.41, 5.74) is 1.65. The topological polar surface area (TPSA) is 68.7 Å². The van der Waals surface area contributed by atoms with Crippen LogP contribution >= 0.6 is 0 Å². The van der Waals surface area contributed by atoms with Gasteiger partial charge in [-0.25, -0.2) is 14.4 Å². The van der Waals surface area contributed by atoms with Gasteiger partial charge in [-0.2, -0.15) is 0 Å². The number of aromatic nitrogens is 2. The number of benzene rings is 2. The maximum atomic E-state index is 14.4. The van der Waals surface area contributed by atoms with Crippen LogP contribution in [-0.4, -0.2) is 60.4 Å². The number of hydrogen-bond acceptors (Lipinski definition) is 7. The maximum absolute atomic E-state index is 14.4. The second-order valence-electron chi connectivity index (χ2n) is 7.89. The van der Waals surface area contributed by atoms with Crippen molar-refractivity contribution in [2.45, 2.75) is 19.4 Å². The second kappa shape index (κ2) is 8.64. The summed E-state index contributed by atoms with van der Waals surface area (Å²) >= 11 is 0. The quantitative estimate of drug-likeness (QED) is 0.670. The van der Waals surface area contributed by atoms with Gasteiger partial charge in [0.1, 0.15) is 30.7 Å². The summed E-state index contributed by atoms with van der Waals surface area (Å²) in [5, 5.41) is 3.84. The van der Waals surface area contributed by atoms with Crippen molar-refractivity contribution in [1.29, 1.82) is 0 Å². The number of rotatable bonds is 5. The zero-order chi connectivity index (χ0) is 21.2. The van der Waals surface area contributed by atoms with Gasteiger partial charge in [0.25, 0.3) is 0 Å². The Bertz CT molecular complexity index is 1090. The number of morpholine rings is 1. The molecule has 2 aliphatic rings. The van der Waals surface area contributed by atoms with Crippen molar-refractivity contribution in [2.75, 3.05) is 44.8 Å². The third kappa shape index (κ3) is 4.26. The molecule has 31 heavy (non-hydrogen) atoms. The van der Waals surface area contributed by atoms with E-state index in [-0.39, 0.29) is 11.9 Å². The van der Waals surface area contributed by atoms with Crippen molar-refractivity contribution in [1.82, 2.24) is 14.9 Å². The summed E-state index contributed by atoms with van der Waals surface area (Å²) in [6.45, 7) is 6.69. The summed E-state index contributed by atoms with van der Waals surface area (Å²) in [7, 11) is 0. The predicted octanol–water partition coefficient (Wildman–Crippen LogP) is 3.68. The van der Waals surface area contributed by atoms with Gasteiger partial charge in [-0.15, -0.1) is 0 Å². The number of halogens is 1. The van der Waals surface area contributed by atoms with Gasteiger partial charge in [0.05, 0.1) is 24.4 Å². The predicted molar refractivity (Wildman–Crippen MR) is 116 cm³/mol. The van der Waals surface area contributed by atoms with E-state index in [4.69, 9.17) is 14.2 Å². The molecule has 7 nitrogen and oxygen atoms in total. The molecule has 1 unspecified atom stereocenters. The van der Waals surface area contributed by atoms with Gasteiger partial charge in [-0.05, 0) is 24.6 Å².